The zero-order valence-electron chi connectivity index (χ0n) is 10.2. The SMILES string of the molecule is CCC(N)C(O)CC(C)c1cccc(F)c1F. The van der Waals surface area contributed by atoms with Gasteiger partial charge in [-0.25, -0.2) is 8.78 Å². The van der Waals surface area contributed by atoms with E-state index in [1.165, 1.54) is 12.1 Å². The van der Waals surface area contributed by atoms with E-state index in [9.17, 15) is 13.9 Å². The van der Waals surface area contributed by atoms with Crippen LogP contribution in [0.5, 0.6) is 0 Å². The summed E-state index contributed by atoms with van der Waals surface area (Å²) in [5.74, 6) is -1.96. The molecular weight excluding hydrogens is 224 g/mol. The second-order valence-corrected chi connectivity index (χ2v) is 4.42. The van der Waals surface area contributed by atoms with Gasteiger partial charge in [-0.2, -0.15) is 0 Å². The lowest BCUT2D eigenvalue weighted by Crippen LogP contribution is -2.34. The molecule has 0 aliphatic rings. The molecule has 0 radical (unpaired) electrons. The van der Waals surface area contributed by atoms with E-state index in [4.69, 9.17) is 5.73 Å². The maximum Gasteiger partial charge on any atom is 0.162 e. The summed E-state index contributed by atoms with van der Waals surface area (Å²) < 4.78 is 26.5. The van der Waals surface area contributed by atoms with Crippen molar-refractivity contribution in [3.63, 3.8) is 0 Å². The van der Waals surface area contributed by atoms with Crippen molar-refractivity contribution >= 4 is 0 Å². The van der Waals surface area contributed by atoms with Gasteiger partial charge < -0.3 is 10.8 Å². The van der Waals surface area contributed by atoms with Crippen molar-refractivity contribution in [2.45, 2.75) is 44.8 Å². The van der Waals surface area contributed by atoms with Crippen LogP contribution in [0.2, 0.25) is 0 Å². The molecule has 0 amide bonds. The van der Waals surface area contributed by atoms with Gasteiger partial charge in [-0.05, 0) is 30.4 Å². The van der Waals surface area contributed by atoms with E-state index in [-0.39, 0.29) is 17.5 Å². The molecule has 0 aromatic heterocycles. The van der Waals surface area contributed by atoms with Crippen molar-refractivity contribution in [1.82, 2.24) is 0 Å². The number of nitrogens with two attached hydrogens (primary N) is 1. The number of benzene rings is 1. The topological polar surface area (TPSA) is 46.2 Å². The Labute approximate surface area is 100 Å². The molecule has 17 heavy (non-hydrogen) atoms. The molecule has 3 unspecified atom stereocenters. The summed E-state index contributed by atoms with van der Waals surface area (Å²) in [6, 6.07) is 3.76. The monoisotopic (exact) mass is 243 g/mol. The van der Waals surface area contributed by atoms with E-state index in [0.29, 0.717) is 12.8 Å². The van der Waals surface area contributed by atoms with Crippen molar-refractivity contribution in [2.24, 2.45) is 5.73 Å². The number of hydrogen-bond acceptors (Lipinski definition) is 2. The quantitative estimate of drug-likeness (QED) is 0.834. The lowest BCUT2D eigenvalue weighted by Gasteiger charge is -2.21. The Balaban J connectivity index is 2.76. The average Bonchev–Trinajstić information content (AvgIpc) is 2.31. The first-order valence-corrected chi connectivity index (χ1v) is 5.84. The highest BCUT2D eigenvalue weighted by Crippen LogP contribution is 2.25. The Bertz CT molecular complexity index is 370. The Morgan fingerprint density at radius 1 is 1.35 bits per heavy atom. The fourth-order valence-electron chi connectivity index (χ4n) is 1.84. The number of halogens is 2. The van der Waals surface area contributed by atoms with Crippen LogP contribution in [-0.4, -0.2) is 17.3 Å². The molecule has 1 aromatic rings. The van der Waals surface area contributed by atoms with E-state index in [1.807, 2.05) is 6.92 Å². The van der Waals surface area contributed by atoms with Gasteiger partial charge in [0.2, 0.25) is 0 Å². The zero-order valence-corrected chi connectivity index (χ0v) is 10.2. The maximum atomic E-state index is 13.5. The van der Waals surface area contributed by atoms with Gasteiger partial charge >= 0.3 is 0 Å². The number of rotatable bonds is 5. The van der Waals surface area contributed by atoms with Gasteiger partial charge in [0, 0.05) is 6.04 Å². The van der Waals surface area contributed by atoms with Crippen molar-refractivity contribution in [3.05, 3.63) is 35.4 Å². The normalized spacial score (nSPS) is 16.6. The molecule has 0 aliphatic heterocycles. The highest BCUT2D eigenvalue weighted by atomic mass is 19.2. The van der Waals surface area contributed by atoms with Crippen LogP contribution in [0, 0.1) is 11.6 Å². The first-order chi connectivity index (χ1) is 7.97. The Morgan fingerprint density at radius 2 is 2.00 bits per heavy atom. The van der Waals surface area contributed by atoms with Crippen molar-refractivity contribution in [3.8, 4) is 0 Å². The lowest BCUT2D eigenvalue weighted by molar-refractivity contribution is 0.126. The molecule has 2 nitrogen and oxygen atoms in total. The summed E-state index contributed by atoms with van der Waals surface area (Å²) in [5.41, 5.74) is 5.98. The van der Waals surface area contributed by atoms with E-state index in [0.717, 1.165) is 6.07 Å². The highest BCUT2D eigenvalue weighted by Gasteiger charge is 2.20. The molecule has 0 fully saturated rings. The van der Waals surface area contributed by atoms with Crippen LogP contribution in [0.4, 0.5) is 8.78 Å². The van der Waals surface area contributed by atoms with E-state index >= 15 is 0 Å². The Hall–Kier alpha value is -1.00. The predicted octanol–water partition coefficient (Wildman–Crippen LogP) is 2.56. The summed E-state index contributed by atoms with van der Waals surface area (Å²) in [6.07, 6.45) is 0.284. The first kappa shape index (κ1) is 14.1. The number of aliphatic hydroxyl groups excluding tert-OH is 1. The molecular formula is C13H19F2NO. The van der Waals surface area contributed by atoms with Gasteiger partial charge in [-0.15, -0.1) is 0 Å². The molecule has 3 atom stereocenters. The van der Waals surface area contributed by atoms with Gasteiger partial charge in [-0.1, -0.05) is 26.0 Å². The van der Waals surface area contributed by atoms with E-state index < -0.39 is 17.7 Å². The van der Waals surface area contributed by atoms with E-state index in [1.54, 1.807) is 6.92 Å². The minimum absolute atomic E-state index is 0.265. The van der Waals surface area contributed by atoms with Crippen LogP contribution in [-0.2, 0) is 0 Å². The van der Waals surface area contributed by atoms with Crippen LogP contribution in [0.15, 0.2) is 18.2 Å². The standard InChI is InChI=1S/C13H19F2NO/c1-3-11(16)12(17)7-8(2)9-5-4-6-10(14)13(9)15/h4-6,8,11-12,17H,3,7,16H2,1-2H3. The highest BCUT2D eigenvalue weighted by molar-refractivity contribution is 5.22. The predicted molar refractivity (Wildman–Crippen MR) is 63.7 cm³/mol. The van der Waals surface area contributed by atoms with Crippen LogP contribution in [0.3, 0.4) is 0 Å². The van der Waals surface area contributed by atoms with Crippen molar-refractivity contribution < 1.29 is 13.9 Å². The molecule has 0 saturated carbocycles. The van der Waals surface area contributed by atoms with Crippen molar-refractivity contribution in [1.29, 1.82) is 0 Å². The second-order valence-electron chi connectivity index (χ2n) is 4.42. The summed E-state index contributed by atoms with van der Waals surface area (Å²) in [4.78, 5) is 0. The lowest BCUT2D eigenvalue weighted by atomic mass is 9.91. The third kappa shape index (κ3) is 3.48. The van der Waals surface area contributed by atoms with Crippen LogP contribution in [0.25, 0.3) is 0 Å². The second kappa shape index (κ2) is 6.07. The molecule has 0 spiro atoms. The summed E-state index contributed by atoms with van der Waals surface area (Å²) in [7, 11) is 0. The third-order valence-corrected chi connectivity index (χ3v) is 3.07. The molecule has 3 N–H and O–H groups in total. The van der Waals surface area contributed by atoms with Crippen molar-refractivity contribution in [2.75, 3.05) is 0 Å². The van der Waals surface area contributed by atoms with E-state index in [2.05, 4.69) is 0 Å². The third-order valence-electron chi connectivity index (χ3n) is 3.07. The number of aliphatic hydroxyl groups is 1. The van der Waals surface area contributed by atoms with Gasteiger partial charge in [0.05, 0.1) is 6.10 Å². The van der Waals surface area contributed by atoms with Gasteiger partial charge in [0.15, 0.2) is 11.6 Å². The van der Waals surface area contributed by atoms with Crippen LogP contribution < -0.4 is 5.73 Å². The molecule has 1 aromatic carbocycles. The number of hydrogen-bond donors (Lipinski definition) is 2. The smallest absolute Gasteiger partial charge is 0.162 e. The molecule has 0 heterocycles. The minimum atomic E-state index is -0.858. The van der Waals surface area contributed by atoms with Gasteiger partial charge in [0.25, 0.3) is 0 Å². The largest absolute Gasteiger partial charge is 0.391 e. The van der Waals surface area contributed by atoms with Gasteiger partial charge in [0.1, 0.15) is 0 Å². The molecule has 0 bridgehead atoms. The average molecular weight is 243 g/mol. The first-order valence-electron chi connectivity index (χ1n) is 5.84. The maximum absolute atomic E-state index is 13.5. The zero-order chi connectivity index (χ0) is 13.0. The fraction of sp³-hybridized carbons (Fsp3) is 0.538. The molecule has 96 valence electrons. The summed E-state index contributed by atoms with van der Waals surface area (Å²) in [6.45, 7) is 3.63. The summed E-state index contributed by atoms with van der Waals surface area (Å²) >= 11 is 0. The van der Waals surface area contributed by atoms with Crippen LogP contribution >= 0.6 is 0 Å². The fourth-order valence-corrected chi connectivity index (χ4v) is 1.84. The van der Waals surface area contributed by atoms with Crippen LogP contribution in [0.1, 0.15) is 38.2 Å². The molecule has 4 heteroatoms. The Morgan fingerprint density at radius 3 is 2.59 bits per heavy atom. The Kier molecular flexibility index (Phi) is 5.02. The molecule has 1 rings (SSSR count). The minimum Gasteiger partial charge on any atom is -0.391 e. The molecule has 0 saturated heterocycles. The molecule has 0 aliphatic carbocycles. The van der Waals surface area contributed by atoms with Gasteiger partial charge in [-0.3, -0.25) is 0 Å². The summed E-state index contributed by atoms with van der Waals surface area (Å²) in [5, 5.41) is 9.77.